The number of hydrogen-bond acceptors (Lipinski definition) is 3. The van der Waals surface area contributed by atoms with E-state index in [1.165, 1.54) is 12.1 Å². The van der Waals surface area contributed by atoms with Crippen LogP contribution in [0.2, 0.25) is 0 Å². The van der Waals surface area contributed by atoms with Crippen molar-refractivity contribution >= 4 is 23.4 Å². The van der Waals surface area contributed by atoms with Crippen molar-refractivity contribution in [2.24, 2.45) is 5.73 Å². The van der Waals surface area contributed by atoms with Gasteiger partial charge in [-0.15, -0.1) is 13.2 Å². The normalized spacial score (nSPS) is 16.7. The standard InChI is InChI=1S/C18H16ClF3N2O2/c19-24(15-2-1-3-16(10-15)26-18(20,21)22)17(25)13-5-4-12-9-14(23)7-6-11(12)8-13/h1-5,8,10,14H,6-7,9,23H2. The van der Waals surface area contributed by atoms with Crippen LogP contribution in [0.15, 0.2) is 42.5 Å². The Balaban J connectivity index is 1.81. The molecule has 1 amide bonds. The Morgan fingerprint density at radius 1 is 1.19 bits per heavy atom. The van der Waals surface area contributed by atoms with Crippen molar-refractivity contribution in [3.8, 4) is 5.75 Å². The molecule has 1 atom stereocenters. The van der Waals surface area contributed by atoms with Gasteiger partial charge in [0.15, 0.2) is 0 Å². The third-order valence-electron chi connectivity index (χ3n) is 4.18. The van der Waals surface area contributed by atoms with Gasteiger partial charge in [0.1, 0.15) is 5.75 Å². The molecule has 0 spiro atoms. The summed E-state index contributed by atoms with van der Waals surface area (Å²) in [6, 6.07) is 10.3. The summed E-state index contributed by atoms with van der Waals surface area (Å²) < 4.78 is 41.7. The molecule has 0 saturated heterocycles. The molecule has 3 rings (SSSR count). The Bertz CT molecular complexity index is 826. The van der Waals surface area contributed by atoms with Crippen LogP contribution >= 0.6 is 11.8 Å². The summed E-state index contributed by atoms with van der Waals surface area (Å²) in [5.74, 6) is -0.985. The molecule has 2 aromatic carbocycles. The van der Waals surface area contributed by atoms with E-state index >= 15 is 0 Å². The van der Waals surface area contributed by atoms with E-state index in [-0.39, 0.29) is 11.7 Å². The molecule has 0 radical (unpaired) electrons. The number of aryl methyl sites for hydroxylation is 1. The molecule has 0 aromatic heterocycles. The van der Waals surface area contributed by atoms with Crippen LogP contribution < -0.4 is 14.9 Å². The highest BCUT2D eigenvalue weighted by molar-refractivity contribution is 6.39. The number of benzene rings is 2. The summed E-state index contributed by atoms with van der Waals surface area (Å²) in [6.45, 7) is 0. The number of carbonyl (C=O) groups excluding carboxylic acids is 1. The summed E-state index contributed by atoms with van der Waals surface area (Å²) in [4.78, 5) is 12.6. The summed E-state index contributed by atoms with van der Waals surface area (Å²) in [7, 11) is 0. The maximum absolute atomic E-state index is 12.6. The van der Waals surface area contributed by atoms with E-state index in [4.69, 9.17) is 17.5 Å². The van der Waals surface area contributed by atoms with Gasteiger partial charge < -0.3 is 10.5 Å². The van der Waals surface area contributed by atoms with E-state index in [0.717, 1.165) is 46.9 Å². The Kier molecular flexibility index (Phi) is 5.11. The lowest BCUT2D eigenvalue weighted by Gasteiger charge is -2.22. The van der Waals surface area contributed by atoms with Crippen molar-refractivity contribution in [1.29, 1.82) is 0 Å². The van der Waals surface area contributed by atoms with Crippen LogP contribution in [-0.4, -0.2) is 18.3 Å². The second kappa shape index (κ2) is 7.17. The van der Waals surface area contributed by atoms with E-state index in [1.807, 2.05) is 6.07 Å². The fourth-order valence-electron chi connectivity index (χ4n) is 2.95. The zero-order valence-electron chi connectivity index (χ0n) is 13.6. The molecule has 1 unspecified atom stereocenters. The number of nitrogens with two attached hydrogens (primary N) is 1. The van der Waals surface area contributed by atoms with Crippen LogP contribution in [0.25, 0.3) is 0 Å². The van der Waals surface area contributed by atoms with E-state index in [2.05, 4.69) is 4.74 Å². The van der Waals surface area contributed by atoms with Crippen molar-refractivity contribution in [3.05, 3.63) is 59.2 Å². The van der Waals surface area contributed by atoms with Gasteiger partial charge >= 0.3 is 6.36 Å². The number of rotatable bonds is 3. The van der Waals surface area contributed by atoms with Crippen LogP contribution in [0.3, 0.4) is 0 Å². The smallest absolute Gasteiger partial charge is 0.406 e. The van der Waals surface area contributed by atoms with Gasteiger partial charge in [-0.3, -0.25) is 4.79 Å². The number of fused-ring (bicyclic) bond motifs is 1. The number of nitrogens with zero attached hydrogens (tertiary/aromatic N) is 1. The van der Waals surface area contributed by atoms with Crippen LogP contribution in [0.1, 0.15) is 27.9 Å². The van der Waals surface area contributed by atoms with Crippen molar-refractivity contribution in [2.45, 2.75) is 31.7 Å². The summed E-state index contributed by atoms with van der Waals surface area (Å²) in [6.07, 6.45) is -2.45. The molecular weight excluding hydrogens is 369 g/mol. The highest BCUT2D eigenvalue weighted by atomic mass is 35.5. The summed E-state index contributed by atoms with van der Waals surface area (Å²) >= 11 is 6.07. The summed E-state index contributed by atoms with van der Waals surface area (Å²) in [5.41, 5.74) is 8.52. The molecule has 0 fully saturated rings. The van der Waals surface area contributed by atoms with Crippen molar-refractivity contribution < 1.29 is 22.7 Å². The molecule has 1 aliphatic rings. The lowest BCUT2D eigenvalue weighted by molar-refractivity contribution is -0.274. The highest BCUT2D eigenvalue weighted by Gasteiger charge is 2.31. The van der Waals surface area contributed by atoms with Crippen molar-refractivity contribution in [3.63, 3.8) is 0 Å². The van der Waals surface area contributed by atoms with Crippen LogP contribution in [0, 0.1) is 0 Å². The zero-order chi connectivity index (χ0) is 18.9. The second-order valence-corrected chi connectivity index (χ2v) is 6.46. The number of halogens is 4. The maximum Gasteiger partial charge on any atom is 0.573 e. The molecule has 26 heavy (non-hydrogen) atoms. The predicted octanol–water partition coefficient (Wildman–Crippen LogP) is 4.20. The second-order valence-electron chi connectivity index (χ2n) is 6.12. The first kappa shape index (κ1) is 18.5. The van der Waals surface area contributed by atoms with Gasteiger partial charge in [0.2, 0.25) is 0 Å². The Labute approximate surface area is 153 Å². The molecule has 8 heteroatoms. The Morgan fingerprint density at radius 3 is 2.69 bits per heavy atom. The number of carbonyl (C=O) groups is 1. The quantitative estimate of drug-likeness (QED) is 0.807. The topological polar surface area (TPSA) is 55.6 Å². The maximum atomic E-state index is 12.6. The molecule has 2 N–H and O–H groups in total. The minimum atomic E-state index is -4.82. The van der Waals surface area contributed by atoms with E-state index in [9.17, 15) is 18.0 Å². The average molecular weight is 385 g/mol. The summed E-state index contributed by atoms with van der Waals surface area (Å²) in [5, 5.41) is 0. The van der Waals surface area contributed by atoms with Gasteiger partial charge in [-0.05, 0) is 54.7 Å². The average Bonchev–Trinajstić information content (AvgIpc) is 2.58. The molecular formula is C18H16ClF3N2O2. The van der Waals surface area contributed by atoms with E-state index in [1.54, 1.807) is 12.1 Å². The van der Waals surface area contributed by atoms with Crippen LogP contribution in [0.4, 0.5) is 18.9 Å². The fourth-order valence-corrected chi connectivity index (χ4v) is 3.15. The molecule has 0 bridgehead atoms. The van der Waals surface area contributed by atoms with Gasteiger partial charge in [-0.2, -0.15) is 0 Å². The van der Waals surface area contributed by atoms with Gasteiger partial charge in [0.05, 0.1) is 5.69 Å². The first-order valence-corrected chi connectivity index (χ1v) is 8.30. The first-order chi connectivity index (χ1) is 12.2. The van der Waals surface area contributed by atoms with Gasteiger partial charge in [0.25, 0.3) is 5.91 Å². The molecule has 1 aliphatic carbocycles. The third-order valence-corrected chi connectivity index (χ3v) is 4.52. The molecule has 138 valence electrons. The van der Waals surface area contributed by atoms with E-state index < -0.39 is 18.0 Å². The minimum Gasteiger partial charge on any atom is -0.406 e. The first-order valence-electron chi connectivity index (χ1n) is 7.96. The number of hydrogen-bond donors (Lipinski definition) is 1. The molecule has 0 saturated carbocycles. The zero-order valence-corrected chi connectivity index (χ0v) is 14.3. The lowest BCUT2D eigenvalue weighted by Crippen LogP contribution is -2.28. The Hall–Kier alpha value is -2.25. The van der Waals surface area contributed by atoms with Crippen LogP contribution in [-0.2, 0) is 12.8 Å². The molecule has 2 aromatic rings. The van der Waals surface area contributed by atoms with Gasteiger partial charge in [0, 0.05) is 29.4 Å². The van der Waals surface area contributed by atoms with Crippen LogP contribution in [0.5, 0.6) is 5.75 Å². The third kappa shape index (κ3) is 4.28. The number of ether oxygens (including phenoxy) is 1. The van der Waals surface area contributed by atoms with E-state index in [0.29, 0.717) is 5.56 Å². The lowest BCUT2D eigenvalue weighted by atomic mass is 9.87. The monoisotopic (exact) mass is 384 g/mol. The highest BCUT2D eigenvalue weighted by Crippen LogP contribution is 2.29. The number of amides is 1. The molecule has 0 aliphatic heterocycles. The fraction of sp³-hybridized carbons (Fsp3) is 0.278. The minimum absolute atomic E-state index is 0.0816. The number of anilines is 1. The van der Waals surface area contributed by atoms with Gasteiger partial charge in [-0.25, -0.2) is 4.42 Å². The largest absolute Gasteiger partial charge is 0.573 e. The SMILES string of the molecule is NC1CCc2cc(C(=O)N(Cl)c3cccc(OC(F)(F)F)c3)ccc2C1. The molecule has 4 nitrogen and oxygen atoms in total. The predicted molar refractivity (Wildman–Crippen MR) is 92.2 cm³/mol. The molecule has 0 heterocycles. The van der Waals surface area contributed by atoms with Crippen molar-refractivity contribution in [1.82, 2.24) is 0 Å². The van der Waals surface area contributed by atoms with Gasteiger partial charge in [-0.1, -0.05) is 12.1 Å². The Morgan fingerprint density at radius 2 is 1.96 bits per heavy atom. The van der Waals surface area contributed by atoms with Crippen molar-refractivity contribution in [2.75, 3.05) is 4.42 Å². The number of alkyl halides is 3.